The number of nitrogens with one attached hydrogen (secondary N) is 1. The molecule has 1 aliphatic carbocycles. The van der Waals surface area contributed by atoms with Crippen LogP contribution in [0.3, 0.4) is 0 Å². The van der Waals surface area contributed by atoms with Crippen molar-refractivity contribution < 1.29 is 14.4 Å². The van der Waals surface area contributed by atoms with Crippen molar-refractivity contribution in [2.24, 2.45) is 11.8 Å². The maximum atomic E-state index is 12.7. The standard InChI is InChI=1S/C22H20N2O3/c1-14-7-2-5-12-19(14)23-20(25)15-8-6-9-16(13-15)24-21(26)17-10-3-4-11-18(17)22(24)27/h2-9,12-13,17-18H,10-11H2,1H3,(H,23,25)/t17-,18-/m1/s1. The van der Waals surface area contributed by atoms with Gasteiger partial charge in [-0.05, 0) is 49.6 Å². The van der Waals surface area contributed by atoms with Crippen LogP contribution in [0, 0.1) is 18.8 Å². The van der Waals surface area contributed by atoms with E-state index in [0.717, 1.165) is 11.3 Å². The monoisotopic (exact) mass is 360 g/mol. The smallest absolute Gasteiger partial charge is 0.255 e. The molecule has 1 fully saturated rings. The lowest BCUT2D eigenvalue weighted by Crippen LogP contribution is -2.31. The lowest BCUT2D eigenvalue weighted by Gasteiger charge is -2.16. The minimum Gasteiger partial charge on any atom is -0.322 e. The van der Waals surface area contributed by atoms with E-state index in [1.54, 1.807) is 24.3 Å². The summed E-state index contributed by atoms with van der Waals surface area (Å²) in [6.07, 6.45) is 5.11. The summed E-state index contributed by atoms with van der Waals surface area (Å²) in [5, 5.41) is 2.88. The quantitative estimate of drug-likeness (QED) is 0.670. The number of amides is 3. The first-order valence-corrected chi connectivity index (χ1v) is 9.06. The van der Waals surface area contributed by atoms with Crippen LogP contribution in [0.1, 0.15) is 28.8 Å². The van der Waals surface area contributed by atoms with Crippen LogP contribution in [0.25, 0.3) is 0 Å². The molecule has 1 saturated heterocycles. The lowest BCUT2D eigenvalue weighted by atomic mass is 9.85. The van der Waals surface area contributed by atoms with Crippen LogP contribution in [-0.2, 0) is 9.59 Å². The topological polar surface area (TPSA) is 66.5 Å². The summed E-state index contributed by atoms with van der Waals surface area (Å²) in [6, 6.07) is 14.2. The number of aryl methyl sites for hydroxylation is 1. The predicted octanol–water partition coefficient (Wildman–Crippen LogP) is 3.70. The zero-order valence-corrected chi connectivity index (χ0v) is 15.0. The molecule has 27 heavy (non-hydrogen) atoms. The number of allylic oxidation sites excluding steroid dienone is 2. The molecule has 0 radical (unpaired) electrons. The third-order valence-electron chi connectivity index (χ3n) is 5.27. The first-order chi connectivity index (χ1) is 13.1. The molecule has 4 rings (SSSR count). The Kier molecular flexibility index (Phi) is 4.36. The van der Waals surface area contributed by atoms with Gasteiger partial charge in [0.25, 0.3) is 5.91 Å². The van der Waals surface area contributed by atoms with Gasteiger partial charge in [0, 0.05) is 11.3 Å². The molecule has 0 saturated carbocycles. The Morgan fingerprint density at radius 3 is 2.30 bits per heavy atom. The Morgan fingerprint density at radius 2 is 1.63 bits per heavy atom. The first kappa shape index (κ1) is 17.2. The fourth-order valence-corrected chi connectivity index (χ4v) is 3.75. The number of nitrogens with zero attached hydrogens (tertiary/aromatic N) is 1. The molecule has 2 atom stereocenters. The number of imide groups is 1. The molecule has 3 amide bonds. The van der Waals surface area contributed by atoms with E-state index in [-0.39, 0.29) is 29.6 Å². The number of carbonyl (C=O) groups excluding carboxylic acids is 3. The van der Waals surface area contributed by atoms with Crippen LogP contribution in [0.5, 0.6) is 0 Å². The molecule has 0 aromatic heterocycles. The number of hydrogen-bond acceptors (Lipinski definition) is 3. The highest BCUT2D eigenvalue weighted by Crippen LogP contribution is 2.37. The van der Waals surface area contributed by atoms with Gasteiger partial charge in [0.2, 0.25) is 11.8 Å². The summed E-state index contributed by atoms with van der Waals surface area (Å²) < 4.78 is 0. The van der Waals surface area contributed by atoms with Crippen molar-refractivity contribution in [2.75, 3.05) is 10.2 Å². The van der Waals surface area contributed by atoms with Crippen molar-refractivity contribution in [3.05, 3.63) is 71.8 Å². The van der Waals surface area contributed by atoms with Gasteiger partial charge in [0.05, 0.1) is 17.5 Å². The van der Waals surface area contributed by atoms with Crippen molar-refractivity contribution in [1.29, 1.82) is 0 Å². The highest BCUT2D eigenvalue weighted by molar-refractivity contribution is 6.22. The van der Waals surface area contributed by atoms with Gasteiger partial charge >= 0.3 is 0 Å². The fourth-order valence-electron chi connectivity index (χ4n) is 3.75. The van der Waals surface area contributed by atoms with E-state index in [9.17, 15) is 14.4 Å². The van der Waals surface area contributed by atoms with E-state index in [1.807, 2.05) is 43.3 Å². The molecule has 5 nitrogen and oxygen atoms in total. The molecule has 5 heteroatoms. The van der Waals surface area contributed by atoms with Gasteiger partial charge in [-0.1, -0.05) is 36.4 Å². The maximum Gasteiger partial charge on any atom is 0.255 e. The molecule has 2 aromatic rings. The third kappa shape index (κ3) is 3.05. The van der Waals surface area contributed by atoms with Crippen molar-refractivity contribution in [2.45, 2.75) is 19.8 Å². The maximum absolute atomic E-state index is 12.7. The van der Waals surface area contributed by atoms with Crippen LogP contribution >= 0.6 is 0 Å². The summed E-state index contributed by atoms with van der Waals surface area (Å²) in [5.74, 6) is -1.19. The molecule has 0 unspecified atom stereocenters. The van der Waals surface area contributed by atoms with E-state index >= 15 is 0 Å². The molecular weight excluding hydrogens is 340 g/mol. The number of carbonyl (C=O) groups is 3. The van der Waals surface area contributed by atoms with Crippen LogP contribution in [0.2, 0.25) is 0 Å². The van der Waals surface area contributed by atoms with Crippen LogP contribution in [0.15, 0.2) is 60.7 Å². The van der Waals surface area contributed by atoms with E-state index < -0.39 is 0 Å². The summed E-state index contributed by atoms with van der Waals surface area (Å²) >= 11 is 0. The Morgan fingerprint density at radius 1 is 0.963 bits per heavy atom. The predicted molar refractivity (Wildman–Crippen MR) is 103 cm³/mol. The number of hydrogen-bond donors (Lipinski definition) is 1. The highest BCUT2D eigenvalue weighted by atomic mass is 16.2. The number of anilines is 2. The number of benzene rings is 2. The summed E-state index contributed by atoms with van der Waals surface area (Å²) in [4.78, 5) is 39.4. The number of fused-ring (bicyclic) bond motifs is 1. The van der Waals surface area contributed by atoms with Crippen molar-refractivity contribution in [1.82, 2.24) is 0 Å². The van der Waals surface area contributed by atoms with E-state index in [2.05, 4.69) is 5.32 Å². The molecule has 1 N–H and O–H groups in total. The number of rotatable bonds is 3. The molecular formula is C22H20N2O3. The molecule has 2 aliphatic rings. The van der Waals surface area contributed by atoms with Crippen molar-refractivity contribution in [3.63, 3.8) is 0 Å². The van der Waals surface area contributed by atoms with Gasteiger partial charge in [-0.3, -0.25) is 19.3 Å². The second-order valence-electron chi connectivity index (χ2n) is 6.99. The van der Waals surface area contributed by atoms with E-state index in [0.29, 0.717) is 24.1 Å². The normalized spacial score (nSPS) is 21.3. The van der Waals surface area contributed by atoms with Crippen molar-refractivity contribution >= 4 is 29.1 Å². The summed E-state index contributed by atoms with van der Waals surface area (Å²) in [5.41, 5.74) is 2.56. The highest BCUT2D eigenvalue weighted by Gasteiger charge is 2.47. The van der Waals surface area contributed by atoms with Gasteiger partial charge in [-0.2, -0.15) is 0 Å². The summed E-state index contributed by atoms with van der Waals surface area (Å²) in [7, 11) is 0. The average Bonchev–Trinajstić information content (AvgIpc) is 2.94. The number of para-hydroxylation sites is 1. The fraction of sp³-hybridized carbons (Fsp3) is 0.227. The first-order valence-electron chi connectivity index (χ1n) is 9.06. The lowest BCUT2D eigenvalue weighted by molar-refractivity contribution is -0.122. The minimum atomic E-state index is -0.285. The molecule has 136 valence electrons. The largest absolute Gasteiger partial charge is 0.322 e. The van der Waals surface area contributed by atoms with Gasteiger partial charge in [0.15, 0.2) is 0 Å². The van der Waals surface area contributed by atoms with Crippen LogP contribution in [0.4, 0.5) is 11.4 Å². The Labute approximate surface area is 157 Å². The Hall–Kier alpha value is -3.21. The zero-order valence-electron chi connectivity index (χ0n) is 15.0. The molecule has 0 bridgehead atoms. The van der Waals surface area contributed by atoms with Gasteiger partial charge in [-0.25, -0.2) is 0 Å². The second-order valence-corrected chi connectivity index (χ2v) is 6.99. The Bertz CT molecular complexity index is 938. The van der Waals surface area contributed by atoms with Gasteiger partial charge < -0.3 is 5.32 Å². The molecule has 1 heterocycles. The van der Waals surface area contributed by atoms with Gasteiger partial charge in [0.1, 0.15) is 0 Å². The minimum absolute atomic E-state index is 0.175. The Balaban J connectivity index is 1.59. The average molecular weight is 360 g/mol. The van der Waals surface area contributed by atoms with Crippen LogP contribution < -0.4 is 10.2 Å². The SMILES string of the molecule is Cc1ccccc1NC(=O)c1cccc(N2C(=O)[C@@H]3CC=CC[C@H]3C2=O)c1. The van der Waals surface area contributed by atoms with Crippen molar-refractivity contribution in [3.8, 4) is 0 Å². The summed E-state index contributed by atoms with van der Waals surface area (Å²) in [6.45, 7) is 1.92. The zero-order chi connectivity index (χ0) is 19.0. The molecule has 0 spiro atoms. The van der Waals surface area contributed by atoms with E-state index in [1.165, 1.54) is 4.90 Å². The van der Waals surface area contributed by atoms with Gasteiger partial charge in [-0.15, -0.1) is 0 Å². The third-order valence-corrected chi connectivity index (χ3v) is 5.27. The molecule has 2 aromatic carbocycles. The second kappa shape index (κ2) is 6.83. The van der Waals surface area contributed by atoms with Crippen LogP contribution in [-0.4, -0.2) is 17.7 Å². The molecule has 1 aliphatic heterocycles. The van der Waals surface area contributed by atoms with E-state index in [4.69, 9.17) is 0 Å².